The fraction of sp³-hybridized carbons (Fsp3) is 0.412. The molecule has 1 aliphatic rings. The van der Waals surface area contributed by atoms with Crippen LogP contribution in [0, 0.1) is 5.92 Å². The lowest BCUT2D eigenvalue weighted by Crippen LogP contribution is -2.36. The van der Waals surface area contributed by atoms with E-state index in [-0.39, 0.29) is 0 Å². The van der Waals surface area contributed by atoms with Gasteiger partial charge in [0.25, 0.3) is 0 Å². The minimum atomic E-state index is 0.575. The Morgan fingerprint density at radius 3 is 2.71 bits per heavy atom. The molecule has 24 heavy (non-hydrogen) atoms. The predicted octanol–water partition coefficient (Wildman–Crippen LogP) is 3.86. The number of aromatic nitrogens is 3. The molecule has 1 aromatic carbocycles. The van der Waals surface area contributed by atoms with E-state index in [9.17, 15) is 0 Å². The largest absolute Gasteiger partial charge is 0.358 e. The van der Waals surface area contributed by atoms with Gasteiger partial charge in [-0.05, 0) is 45.0 Å². The topological polar surface area (TPSA) is 45.5 Å². The first-order valence-electron chi connectivity index (χ1n) is 8.12. The van der Waals surface area contributed by atoms with Gasteiger partial charge in [-0.15, -0.1) is 5.10 Å². The number of likely N-dealkylation sites (N-methyl/N-ethyl adjacent to an activating group) is 1. The lowest BCUT2D eigenvalue weighted by molar-refractivity contribution is 0.276. The number of halogens is 1. The molecule has 1 atom stereocenters. The smallest absolute Gasteiger partial charge is 0.214 e. The minimum Gasteiger partial charge on any atom is -0.358 e. The fourth-order valence-corrected chi connectivity index (χ4v) is 3.89. The van der Waals surface area contributed by atoms with Crippen LogP contribution in [0.15, 0.2) is 30.5 Å². The summed E-state index contributed by atoms with van der Waals surface area (Å²) in [6.07, 6.45) is 4.65. The highest BCUT2D eigenvalue weighted by molar-refractivity contribution is 7.20. The van der Waals surface area contributed by atoms with Crippen molar-refractivity contribution in [1.82, 2.24) is 19.5 Å². The van der Waals surface area contributed by atoms with Gasteiger partial charge in [0, 0.05) is 23.2 Å². The average molecular weight is 362 g/mol. The Morgan fingerprint density at radius 1 is 1.33 bits per heavy atom. The van der Waals surface area contributed by atoms with E-state index in [0.29, 0.717) is 6.04 Å². The van der Waals surface area contributed by atoms with Crippen molar-refractivity contribution in [3.05, 3.63) is 35.5 Å². The molecule has 0 amide bonds. The summed E-state index contributed by atoms with van der Waals surface area (Å²) in [4.78, 5) is 7.87. The van der Waals surface area contributed by atoms with Crippen LogP contribution in [-0.4, -0.2) is 46.2 Å². The number of fused-ring (bicyclic) bond motifs is 1. The molecule has 2 aromatic heterocycles. The SMILES string of the molecule is CN(C)C(CNc1nn2cc(-c3ccc(Cl)cc3)nc2s1)C1CC1. The second-order valence-electron chi connectivity index (χ2n) is 6.52. The van der Waals surface area contributed by atoms with Crippen LogP contribution in [0.25, 0.3) is 16.2 Å². The van der Waals surface area contributed by atoms with E-state index >= 15 is 0 Å². The van der Waals surface area contributed by atoms with Crippen LogP contribution >= 0.6 is 22.9 Å². The Morgan fingerprint density at radius 2 is 2.08 bits per heavy atom. The van der Waals surface area contributed by atoms with Gasteiger partial charge in [0.2, 0.25) is 10.1 Å². The van der Waals surface area contributed by atoms with E-state index in [4.69, 9.17) is 11.6 Å². The van der Waals surface area contributed by atoms with Gasteiger partial charge in [-0.1, -0.05) is 35.1 Å². The van der Waals surface area contributed by atoms with E-state index in [2.05, 4.69) is 34.4 Å². The predicted molar refractivity (Wildman–Crippen MR) is 100.0 cm³/mol. The summed E-state index contributed by atoms with van der Waals surface area (Å²) in [5.74, 6) is 0.827. The molecule has 3 aromatic rings. The van der Waals surface area contributed by atoms with E-state index in [0.717, 1.165) is 38.8 Å². The third-order valence-electron chi connectivity index (χ3n) is 4.48. The number of hydrogen-bond donors (Lipinski definition) is 1. The van der Waals surface area contributed by atoms with Gasteiger partial charge in [0.05, 0.1) is 11.9 Å². The molecule has 2 heterocycles. The highest BCUT2D eigenvalue weighted by atomic mass is 35.5. The first kappa shape index (κ1) is 15.9. The molecule has 1 saturated carbocycles. The van der Waals surface area contributed by atoms with Crippen LogP contribution in [0.5, 0.6) is 0 Å². The minimum absolute atomic E-state index is 0.575. The molecule has 1 unspecified atom stereocenters. The van der Waals surface area contributed by atoms with E-state index < -0.39 is 0 Å². The number of nitrogens with one attached hydrogen (secondary N) is 1. The monoisotopic (exact) mass is 361 g/mol. The summed E-state index contributed by atoms with van der Waals surface area (Å²) in [5, 5.41) is 9.74. The Bertz CT molecular complexity index is 801. The highest BCUT2D eigenvalue weighted by Gasteiger charge is 2.32. The number of rotatable bonds is 6. The molecular formula is C17H20ClN5S. The third kappa shape index (κ3) is 3.27. The van der Waals surface area contributed by atoms with Gasteiger partial charge in [0.15, 0.2) is 0 Å². The van der Waals surface area contributed by atoms with Crippen LogP contribution in [0.2, 0.25) is 5.02 Å². The summed E-state index contributed by atoms with van der Waals surface area (Å²) in [6, 6.07) is 8.29. The van der Waals surface area contributed by atoms with Crippen molar-refractivity contribution in [2.75, 3.05) is 26.0 Å². The molecule has 1 N–H and O–H groups in total. The maximum Gasteiger partial charge on any atom is 0.214 e. The molecule has 0 spiro atoms. The molecule has 0 saturated heterocycles. The molecular weight excluding hydrogens is 342 g/mol. The van der Waals surface area contributed by atoms with Crippen molar-refractivity contribution in [2.45, 2.75) is 18.9 Å². The quantitative estimate of drug-likeness (QED) is 0.724. The van der Waals surface area contributed by atoms with Crippen molar-refractivity contribution in [2.24, 2.45) is 5.92 Å². The number of hydrogen-bond acceptors (Lipinski definition) is 5. The van der Waals surface area contributed by atoms with E-state index in [1.54, 1.807) is 11.3 Å². The third-order valence-corrected chi connectivity index (χ3v) is 5.61. The summed E-state index contributed by atoms with van der Waals surface area (Å²) in [7, 11) is 4.30. The fourth-order valence-electron chi connectivity index (χ4n) is 2.98. The zero-order chi connectivity index (χ0) is 16.7. The molecule has 0 bridgehead atoms. The number of benzene rings is 1. The van der Waals surface area contributed by atoms with Crippen molar-refractivity contribution in [1.29, 1.82) is 0 Å². The molecule has 7 heteroatoms. The molecule has 1 aliphatic carbocycles. The first-order valence-corrected chi connectivity index (χ1v) is 9.32. The molecule has 5 nitrogen and oxygen atoms in total. The van der Waals surface area contributed by atoms with E-state index in [1.165, 1.54) is 12.8 Å². The Labute approximate surface area is 150 Å². The van der Waals surface area contributed by atoms with Gasteiger partial charge < -0.3 is 10.2 Å². The maximum absolute atomic E-state index is 5.94. The Kier molecular flexibility index (Phi) is 4.20. The highest BCUT2D eigenvalue weighted by Crippen LogP contribution is 2.35. The van der Waals surface area contributed by atoms with Crippen molar-refractivity contribution < 1.29 is 0 Å². The number of nitrogens with zero attached hydrogens (tertiary/aromatic N) is 4. The molecule has 126 valence electrons. The van der Waals surface area contributed by atoms with Crippen LogP contribution < -0.4 is 5.32 Å². The molecule has 0 aliphatic heterocycles. The van der Waals surface area contributed by atoms with Crippen LogP contribution in [0.1, 0.15) is 12.8 Å². The van der Waals surface area contributed by atoms with Gasteiger partial charge >= 0.3 is 0 Å². The van der Waals surface area contributed by atoms with Crippen LogP contribution in [0.4, 0.5) is 5.13 Å². The van der Waals surface area contributed by atoms with Gasteiger partial charge in [-0.25, -0.2) is 9.50 Å². The number of anilines is 1. The van der Waals surface area contributed by atoms with E-state index in [1.807, 2.05) is 35.0 Å². The average Bonchev–Trinajstić information content (AvgIpc) is 3.18. The summed E-state index contributed by atoms with van der Waals surface area (Å²) < 4.78 is 1.85. The zero-order valence-electron chi connectivity index (χ0n) is 13.7. The van der Waals surface area contributed by atoms with Crippen molar-refractivity contribution >= 4 is 33.0 Å². The summed E-state index contributed by atoms with van der Waals surface area (Å²) >= 11 is 7.53. The Balaban J connectivity index is 1.48. The second kappa shape index (κ2) is 6.35. The lowest BCUT2D eigenvalue weighted by atomic mass is 10.1. The number of imidazole rings is 1. The Hall–Kier alpha value is -1.63. The zero-order valence-corrected chi connectivity index (χ0v) is 15.3. The summed E-state index contributed by atoms with van der Waals surface area (Å²) in [5.41, 5.74) is 1.97. The maximum atomic E-state index is 5.94. The van der Waals surface area contributed by atoms with Gasteiger partial charge in [-0.2, -0.15) is 0 Å². The first-order chi connectivity index (χ1) is 11.6. The van der Waals surface area contributed by atoms with Crippen LogP contribution in [0.3, 0.4) is 0 Å². The standard InChI is InChI=1S/C17H20ClN5S/c1-22(2)15(12-3-4-12)9-19-16-21-23-10-14(20-17(23)24-16)11-5-7-13(18)8-6-11/h5-8,10,12,15H,3-4,9H2,1-2H3,(H,19,21). The van der Waals surface area contributed by atoms with Crippen molar-refractivity contribution in [3.8, 4) is 11.3 Å². The normalized spacial score (nSPS) is 16.0. The second-order valence-corrected chi connectivity index (χ2v) is 7.91. The lowest BCUT2D eigenvalue weighted by Gasteiger charge is -2.24. The van der Waals surface area contributed by atoms with Crippen LogP contribution in [-0.2, 0) is 0 Å². The summed E-state index contributed by atoms with van der Waals surface area (Å²) in [6.45, 7) is 0.929. The van der Waals surface area contributed by atoms with Crippen molar-refractivity contribution in [3.63, 3.8) is 0 Å². The van der Waals surface area contributed by atoms with Gasteiger partial charge in [0.1, 0.15) is 0 Å². The van der Waals surface area contributed by atoms with Gasteiger partial charge in [-0.3, -0.25) is 0 Å². The molecule has 0 radical (unpaired) electrons. The molecule has 1 fully saturated rings. The molecule has 4 rings (SSSR count).